The summed E-state index contributed by atoms with van der Waals surface area (Å²) in [6.07, 6.45) is 5.16. The van der Waals surface area contributed by atoms with Crippen LogP contribution in [0.4, 0.5) is 0 Å². The summed E-state index contributed by atoms with van der Waals surface area (Å²) in [6, 6.07) is 11.5. The number of nitrogens with one attached hydrogen (secondary N) is 2. The lowest BCUT2D eigenvalue weighted by molar-refractivity contribution is -0.119. The molecule has 0 bridgehead atoms. The van der Waals surface area contributed by atoms with Gasteiger partial charge in [-0.1, -0.05) is 59.6 Å². The van der Waals surface area contributed by atoms with Crippen molar-refractivity contribution in [2.24, 2.45) is 0 Å². The van der Waals surface area contributed by atoms with Gasteiger partial charge in [0.05, 0.1) is 54.2 Å². The van der Waals surface area contributed by atoms with Gasteiger partial charge in [0.2, 0.25) is 17.7 Å². The topological polar surface area (TPSA) is 135 Å². The Bertz CT molecular complexity index is 1740. The predicted octanol–water partition coefficient (Wildman–Crippen LogP) is 4.53. The van der Waals surface area contributed by atoms with Crippen molar-refractivity contribution < 1.29 is 19.4 Å². The molecule has 0 unspecified atom stereocenters. The smallest absolute Gasteiger partial charge is 0.237 e. The van der Waals surface area contributed by atoms with E-state index in [2.05, 4.69) is 25.5 Å². The van der Waals surface area contributed by atoms with E-state index in [4.69, 9.17) is 42.6 Å². The van der Waals surface area contributed by atoms with Crippen molar-refractivity contribution in [2.45, 2.75) is 44.5 Å². The van der Waals surface area contributed by atoms with Crippen LogP contribution in [0.2, 0.25) is 10.0 Å². The van der Waals surface area contributed by atoms with Gasteiger partial charge in [-0.15, -0.1) is 0 Å². The summed E-state index contributed by atoms with van der Waals surface area (Å²) in [5.74, 6) is 0.884. The van der Waals surface area contributed by atoms with Crippen LogP contribution in [0.15, 0.2) is 48.8 Å². The molecule has 13 heteroatoms. The van der Waals surface area contributed by atoms with Crippen molar-refractivity contribution in [3.63, 3.8) is 0 Å². The normalized spacial score (nSPS) is 18.2. The predicted molar refractivity (Wildman–Crippen MR) is 176 cm³/mol. The summed E-state index contributed by atoms with van der Waals surface area (Å²) in [7, 11) is 3.12. The van der Waals surface area contributed by atoms with Crippen LogP contribution in [-0.2, 0) is 17.9 Å². The fourth-order valence-corrected chi connectivity index (χ4v) is 6.50. The van der Waals surface area contributed by atoms with E-state index in [0.717, 1.165) is 30.5 Å². The number of carbonyl (C=O) groups is 1. The van der Waals surface area contributed by atoms with Crippen LogP contribution in [0.5, 0.6) is 11.8 Å². The molecule has 4 heterocycles. The first-order valence-electron chi connectivity index (χ1n) is 15.1. The van der Waals surface area contributed by atoms with E-state index in [1.54, 1.807) is 26.6 Å². The molecule has 2 fully saturated rings. The molecule has 6 rings (SSSR count). The SMILES string of the molecule is COc1nc(-c2cccc(-c3cccc(-c4cnc(CN5CC[C@@H](O)C5)c(OC)n4)c3Cl)c2Cl)cnc1CNC[C@@H]1CCC(=O)N1. The Morgan fingerprint density at radius 1 is 0.913 bits per heavy atom. The quantitative estimate of drug-likeness (QED) is 0.210. The molecule has 4 aromatic rings. The number of aromatic nitrogens is 4. The van der Waals surface area contributed by atoms with Crippen LogP contribution in [0.25, 0.3) is 33.6 Å². The van der Waals surface area contributed by atoms with Crippen LogP contribution >= 0.6 is 23.2 Å². The zero-order chi connectivity index (χ0) is 32.2. The number of aliphatic hydroxyl groups is 1. The summed E-state index contributed by atoms with van der Waals surface area (Å²) >= 11 is 14.1. The first-order valence-corrected chi connectivity index (χ1v) is 15.9. The Morgan fingerprint density at radius 2 is 1.50 bits per heavy atom. The van der Waals surface area contributed by atoms with Gasteiger partial charge in [-0.25, -0.2) is 9.97 Å². The molecule has 2 saturated heterocycles. The van der Waals surface area contributed by atoms with E-state index in [1.807, 2.05) is 36.4 Å². The van der Waals surface area contributed by atoms with E-state index in [1.165, 1.54) is 0 Å². The molecular formula is C33H35Cl2N7O4. The third-order valence-corrected chi connectivity index (χ3v) is 9.05. The molecule has 2 aliphatic rings. The van der Waals surface area contributed by atoms with Crippen molar-refractivity contribution in [3.05, 3.63) is 70.2 Å². The number of likely N-dealkylation sites (tertiary alicyclic amines) is 1. The number of amides is 1. The maximum Gasteiger partial charge on any atom is 0.237 e. The number of nitrogens with zero attached hydrogens (tertiary/aromatic N) is 5. The highest BCUT2D eigenvalue weighted by molar-refractivity contribution is 6.39. The van der Waals surface area contributed by atoms with E-state index in [-0.39, 0.29) is 18.1 Å². The number of ether oxygens (including phenoxy) is 2. The molecule has 0 saturated carbocycles. The zero-order valence-electron chi connectivity index (χ0n) is 25.6. The van der Waals surface area contributed by atoms with Gasteiger partial charge >= 0.3 is 0 Å². The number of halogens is 2. The minimum atomic E-state index is -0.320. The second-order valence-corrected chi connectivity index (χ2v) is 12.1. The number of benzene rings is 2. The van der Waals surface area contributed by atoms with Crippen molar-refractivity contribution in [1.29, 1.82) is 0 Å². The minimum absolute atomic E-state index is 0.0827. The van der Waals surface area contributed by atoms with Crippen LogP contribution < -0.4 is 20.1 Å². The summed E-state index contributed by atoms with van der Waals surface area (Å²) < 4.78 is 11.2. The van der Waals surface area contributed by atoms with Gasteiger partial charge in [-0.3, -0.25) is 19.7 Å². The highest BCUT2D eigenvalue weighted by Gasteiger charge is 2.24. The fourth-order valence-electron chi connectivity index (χ4n) is 5.85. The monoisotopic (exact) mass is 663 g/mol. The number of hydrogen-bond donors (Lipinski definition) is 3. The van der Waals surface area contributed by atoms with Crippen LogP contribution in [0.3, 0.4) is 0 Å². The maximum absolute atomic E-state index is 11.5. The highest BCUT2D eigenvalue weighted by atomic mass is 35.5. The van der Waals surface area contributed by atoms with Crippen LogP contribution in [-0.4, -0.2) is 81.8 Å². The van der Waals surface area contributed by atoms with E-state index in [9.17, 15) is 9.90 Å². The zero-order valence-corrected chi connectivity index (χ0v) is 27.1. The average Bonchev–Trinajstić information content (AvgIpc) is 3.68. The molecule has 0 aliphatic carbocycles. The molecule has 0 radical (unpaired) electrons. The number of hydrogen-bond acceptors (Lipinski definition) is 10. The lowest BCUT2D eigenvalue weighted by Crippen LogP contribution is -2.35. The lowest BCUT2D eigenvalue weighted by Gasteiger charge is -2.17. The van der Waals surface area contributed by atoms with Gasteiger partial charge in [0, 0.05) is 67.4 Å². The fraction of sp³-hybridized carbons (Fsp3) is 0.364. The molecule has 240 valence electrons. The Labute approximate surface area is 277 Å². The molecule has 1 amide bonds. The van der Waals surface area contributed by atoms with Gasteiger partial charge in [-0.2, -0.15) is 0 Å². The number of carbonyl (C=O) groups excluding carboxylic acids is 1. The molecule has 2 aromatic carbocycles. The van der Waals surface area contributed by atoms with Gasteiger partial charge in [0.15, 0.2) is 0 Å². The summed E-state index contributed by atoms with van der Waals surface area (Å²) in [5, 5.41) is 17.1. The molecular weight excluding hydrogens is 629 g/mol. The molecule has 3 N–H and O–H groups in total. The van der Waals surface area contributed by atoms with Crippen molar-refractivity contribution >= 4 is 29.1 Å². The molecule has 2 aliphatic heterocycles. The molecule has 0 spiro atoms. The second-order valence-electron chi connectivity index (χ2n) is 11.4. The number of β-amino-alcohol motifs (C(OH)–C–C–N with tert-alkyl or cyclic N) is 1. The van der Waals surface area contributed by atoms with Crippen molar-refractivity contribution in [2.75, 3.05) is 33.9 Å². The van der Waals surface area contributed by atoms with Crippen LogP contribution in [0, 0.1) is 0 Å². The number of rotatable bonds is 11. The van der Waals surface area contributed by atoms with E-state index >= 15 is 0 Å². The first-order chi connectivity index (χ1) is 22.3. The molecule has 11 nitrogen and oxygen atoms in total. The second kappa shape index (κ2) is 14.3. The largest absolute Gasteiger partial charge is 0.480 e. The summed E-state index contributed by atoms with van der Waals surface area (Å²) in [5.41, 5.74) is 5.28. The van der Waals surface area contributed by atoms with Gasteiger partial charge < -0.3 is 25.2 Å². The van der Waals surface area contributed by atoms with E-state index in [0.29, 0.717) is 88.3 Å². The number of methoxy groups -OCH3 is 2. The van der Waals surface area contributed by atoms with Crippen molar-refractivity contribution in [3.8, 4) is 45.4 Å². The van der Waals surface area contributed by atoms with Crippen molar-refractivity contribution in [1.82, 2.24) is 35.5 Å². The lowest BCUT2D eigenvalue weighted by atomic mass is 9.98. The minimum Gasteiger partial charge on any atom is -0.480 e. The van der Waals surface area contributed by atoms with Crippen LogP contribution in [0.1, 0.15) is 30.7 Å². The Balaban J connectivity index is 1.24. The number of aliphatic hydroxyl groups excluding tert-OH is 1. The Morgan fingerprint density at radius 3 is 2.04 bits per heavy atom. The molecule has 2 atom stereocenters. The Hall–Kier alpha value is -3.87. The van der Waals surface area contributed by atoms with Gasteiger partial charge in [0.25, 0.3) is 0 Å². The van der Waals surface area contributed by atoms with Gasteiger partial charge in [-0.05, 0) is 12.8 Å². The third-order valence-electron chi connectivity index (χ3n) is 8.24. The summed E-state index contributed by atoms with van der Waals surface area (Å²) in [6.45, 7) is 3.01. The molecule has 46 heavy (non-hydrogen) atoms. The van der Waals surface area contributed by atoms with Gasteiger partial charge in [0.1, 0.15) is 11.4 Å². The molecule has 2 aromatic heterocycles. The Kier molecular flexibility index (Phi) is 9.95. The maximum atomic E-state index is 11.5. The third kappa shape index (κ3) is 6.93. The standard InChI is InChI=1S/C33H35Cl2N7O4/c1-45-32-27(14-36-13-19-9-10-29(44)39-19)37-15-25(40-32)23-7-3-5-21(30(23)34)22-6-4-8-24(31(22)35)26-16-38-28(33(41-26)46-2)18-42-12-11-20(43)17-42/h3-8,15-16,19-20,36,43H,9-14,17-18H2,1-2H3,(H,39,44)/t19-,20+/m0/s1. The van der Waals surface area contributed by atoms with E-state index < -0.39 is 0 Å². The average molecular weight is 665 g/mol. The highest BCUT2D eigenvalue weighted by Crippen LogP contribution is 2.42. The summed E-state index contributed by atoms with van der Waals surface area (Å²) in [4.78, 5) is 32.3. The first kappa shape index (κ1) is 32.1.